The maximum atomic E-state index is 14.7. The van der Waals surface area contributed by atoms with Crippen molar-refractivity contribution in [3.05, 3.63) is 160 Å². The number of sulfone groups is 1. The number of carbonyl (C=O) groups excluding carboxylic acids is 4. The van der Waals surface area contributed by atoms with E-state index in [1.807, 2.05) is 38.9 Å². The van der Waals surface area contributed by atoms with Gasteiger partial charge in [0.1, 0.15) is 42.4 Å². The van der Waals surface area contributed by atoms with E-state index in [2.05, 4.69) is 20.6 Å². The number of methoxy groups -OCH3 is 1. The number of benzene rings is 6. The molecule has 2 aromatic heterocycles. The van der Waals surface area contributed by atoms with Crippen molar-refractivity contribution in [2.75, 3.05) is 104 Å². The monoisotopic (exact) mass is 1450 g/mol. The second-order valence-electron chi connectivity index (χ2n) is 24.5. The van der Waals surface area contributed by atoms with Gasteiger partial charge in [-0.2, -0.15) is 0 Å². The average molecular weight is 1460 g/mol. The molecule has 6 N–H and O–H groups in total. The van der Waals surface area contributed by atoms with Gasteiger partial charge in [0.15, 0.2) is 50.2 Å². The minimum Gasteiger partial charge on any atom is -0.493 e. The molecule has 1 unspecified atom stereocenters. The highest BCUT2D eigenvalue weighted by molar-refractivity contribution is 7.91. The predicted molar refractivity (Wildman–Crippen MR) is 370 cm³/mol. The number of rotatable bonds is 36. The molecule has 31 heteroatoms. The summed E-state index contributed by atoms with van der Waals surface area (Å²) < 4.78 is 107. The molecule has 2 aliphatic heterocycles. The average Bonchev–Trinajstić information content (AvgIpc) is 1.63. The molecular weight excluding hydrogens is 1370 g/mol. The second-order valence-corrected chi connectivity index (χ2v) is 28.0. The summed E-state index contributed by atoms with van der Waals surface area (Å²) in [5, 5.41) is 54.4. The summed E-state index contributed by atoms with van der Waals surface area (Å²) in [6.07, 6.45) is -7.09. The van der Waals surface area contributed by atoms with Crippen molar-refractivity contribution >= 4 is 82.6 Å². The van der Waals surface area contributed by atoms with E-state index < -0.39 is 92.6 Å². The minimum atomic E-state index is -5.24. The van der Waals surface area contributed by atoms with Crippen LogP contribution in [0.1, 0.15) is 89.1 Å². The quantitative estimate of drug-likeness (QED) is 0.0148. The Balaban J connectivity index is 0.704. The summed E-state index contributed by atoms with van der Waals surface area (Å²) in [6, 6.07) is 27.8. The lowest BCUT2D eigenvalue weighted by Crippen LogP contribution is -2.60. The first-order valence-electron chi connectivity index (χ1n) is 32.5. The van der Waals surface area contributed by atoms with Crippen molar-refractivity contribution in [3.63, 3.8) is 0 Å². The molecule has 0 saturated carbocycles. The van der Waals surface area contributed by atoms with Crippen LogP contribution in [0, 0.1) is 13.8 Å². The maximum Gasteiger partial charge on any atom is 0.501 e. The zero-order valence-corrected chi connectivity index (χ0v) is 58.5. The van der Waals surface area contributed by atoms with Crippen molar-refractivity contribution in [1.29, 1.82) is 0 Å². The number of Topliss-reactive ketones (excluding diaryl/α,β-unsaturated/α-hetero) is 2. The third kappa shape index (κ3) is 18.7. The molecule has 8 aromatic rings. The van der Waals surface area contributed by atoms with E-state index in [1.165, 1.54) is 66.6 Å². The molecular formula is C70H80ClN7O21S2. The van der Waals surface area contributed by atoms with Gasteiger partial charge >= 0.3 is 10.4 Å². The van der Waals surface area contributed by atoms with E-state index in [0.717, 1.165) is 17.2 Å². The van der Waals surface area contributed by atoms with Gasteiger partial charge in [-0.05, 0) is 105 Å². The number of hydrogen-bond donors (Lipinski definition) is 6. The molecule has 540 valence electrons. The first-order chi connectivity index (χ1) is 48.4. The zero-order chi connectivity index (χ0) is 72.1. The normalized spacial score (nSPS) is 17.7. The van der Waals surface area contributed by atoms with Gasteiger partial charge in [-0.3, -0.25) is 19.2 Å². The van der Waals surface area contributed by atoms with Crippen molar-refractivity contribution in [1.82, 2.24) is 30.2 Å². The number of hydrogen-bond acceptors (Lipinski definition) is 24. The Morgan fingerprint density at radius 3 is 2.15 bits per heavy atom. The molecule has 10 rings (SSSR count). The van der Waals surface area contributed by atoms with E-state index in [-0.39, 0.29) is 117 Å². The lowest BCUT2D eigenvalue weighted by molar-refractivity contribution is -0.277. The van der Waals surface area contributed by atoms with E-state index in [4.69, 9.17) is 53.1 Å². The largest absolute Gasteiger partial charge is 0.501 e. The van der Waals surface area contributed by atoms with Gasteiger partial charge in [-0.1, -0.05) is 53.2 Å². The smallest absolute Gasteiger partial charge is 0.493 e. The number of ether oxygens (including phenoxy) is 7. The van der Waals surface area contributed by atoms with Gasteiger partial charge in [0.05, 0.1) is 82.4 Å². The fraction of sp³-hybridized carbons (Fsp3) is 0.400. The number of anilines is 1. The summed E-state index contributed by atoms with van der Waals surface area (Å²) in [5.41, 5.74) is 4.51. The summed E-state index contributed by atoms with van der Waals surface area (Å²) in [4.78, 5) is 61.0. The maximum absolute atomic E-state index is 14.7. The summed E-state index contributed by atoms with van der Waals surface area (Å²) >= 11 is 6.65. The summed E-state index contributed by atoms with van der Waals surface area (Å²) in [7, 11) is -3.51. The lowest BCUT2D eigenvalue weighted by Gasteiger charge is -2.39. The van der Waals surface area contributed by atoms with E-state index in [9.17, 15) is 56.4 Å². The first-order valence-corrected chi connectivity index (χ1v) is 36.0. The number of amides is 2. The second kappa shape index (κ2) is 33.9. The molecule has 1 saturated heterocycles. The number of aliphatic hydroxyl groups excluding tert-OH is 4. The zero-order valence-electron chi connectivity index (χ0n) is 56.1. The number of halogens is 1. The molecule has 101 heavy (non-hydrogen) atoms. The van der Waals surface area contributed by atoms with Crippen LogP contribution in [0.5, 0.6) is 28.7 Å². The van der Waals surface area contributed by atoms with Crippen LogP contribution in [-0.2, 0) is 52.3 Å². The van der Waals surface area contributed by atoms with Crippen molar-refractivity contribution in [2.24, 2.45) is 0 Å². The van der Waals surface area contributed by atoms with Crippen LogP contribution < -0.4 is 32.8 Å². The van der Waals surface area contributed by atoms with Crippen LogP contribution in [0.4, 0.5) is 5.69 Å². The predicted octanol–water partition coefficient (Wildman–Crippen LogP) is 6.03. The van der Waals surface area contributed by atoms with Crippen LogP contribution in [0.2, 0.25) is 0 Å². The Kier molecular flexibility index (Phi) is 25.2. The van der Waals surface area contributed by atoms with Gasteiger partial charge in [0.25, 0.3) is 11.8 Å². The number of aromatic amines is 1. The van der Waals surface area contributed by atoms with E-state index in [0.29, 0.717) is 75.4 Å². The first kappa shape index (κ1) is 75.0. The number of nitrogens with one attached hydrogen (secondary N) is 2. The Morgan fingerprint density at radius 1 is 0.743 bits per heavy atom. The molecule has 1 fully saturated rings. The Morgan fingerprint density at radius 2 is 1.44 bits per heavy atom. The van der Waals surface area contributed by atoms with Crippen molar-refractivity contribution < 1.29 is 98.0 Å². The number of aryl methyl sites for hydroxylation is 2. The number of H-pyrrole nitrogens is 1. The van der Waals surface area contributed by atoms with Gasteiger partial charge in [-0.25, -0.2) is 13.1 Å². The molecule has 2 amide bonds. The van der Waals surface area contributed by atoms with Gasteiger partial charge in [0, 0.05) is 89.4 Å². The molecule has 0 radical (unpaired) electrons. The third-order valence-electron chi connectivity index (χ3n) is 16.9. The van der Waals surface area contributed by atoms with Crippen molar-refractivity contribution in [2.45, 2.75) is 87.7 Å². The lowest BCUT2D eigenvalue weighted by atomic mass is 9.92. The molecule has 0 aliphatic carbocycles. The summed E-state index contributed by atoms with van der Waals surface area (Å²) in [6.45, 7) is 5.84. The molecule has 6 atom stereocenters. The topological polar surface area (TPSA) is 366 Å². The number of alkyl halides is 1. The number of carbonyl (C=O) groups is 4. The van der Waals surface area contributed by atoms with Crippen molar-refractivity contribution in [3.8, 4) is 28.7 Å². The number of fused-ring (bicyclic) bond motifs is 4. The number of ketones is 2. The Bertz CT molecular complexity index is 4480. The van der Waals surface area contributed by atoms with Gasteiger partial charge in [-0.15, -0.1) is 25.1 Å². The number of aliphatic hydroxyl groups is 4. The Labute approximate surface area is 588 Å². The highest BCUT2D eigenvalue weighted by atomic mass is 35.5. The molecule has 2 aliphatic rings. The number of likely N-dealkylation sites (N-methyl/N-ethyl adjacent to an activating group) is 1. The molecule has 0 spiro atoms. The van der Waals surface area contributed by atoms with Crippen LogP contribution >= 0.6 is 11.6 Å². The van der Waals surface area contributed by atoms with Gasteiger partial charge in [0.2, 0.25) is 6.29 Å². The van der Waals surface area contributed by atoms with Crippen LogP contribution in [0.25, 0.3) is 21.7 Å². The third-order valence-corrected chi connectivity index (χ3v) is 19.8. The highest BCUT2D eigenvalue weighted by Gasteiger charge is 2.45. The SMILES string of the molecule is COc1cc2[nH]c(C(=O)N3C[C@@H](CCl)c4c3cc(OS(=O)(=O)Oc3cc(C(=O)CCCOCCOCCOCCn5cc(CNC(=O)c6ccc(C(=O)CCS(=O)(=O)c7ccc(C)cc7)cc6)nn5)ccc3OC3O[C@H](CO)[C@H](O)[C@H](O)[C@H]3O)c3cccc(C)c43)cc2cc1OCCN(C)C. The van der Waals surface area contributed by atoms with Crippen LogP contribution in [-0.4, -0.2) is 215 Å². The number of nitrogens with zero attached hydrogens (tertiary/aromatic N) is 5. The molecule has 28 nitrogen and oxygen atoms in total. The number of aromatic nitrogens is 4. The molecule has 6 aromatic carbocycles. The molecule has 4 heterocycles. The van der Waals surface area contributed by atoms with E-state index >= 15 is 0 Å². The van der Waals surface area contributed by atoms with Crippen LogP contribution in [0.3, 0.4) is 0 Å². The molecule has 0 bridgehead atoms. The minimum absolute atomic E-state index is 0.0299. The fourth-order valence-electron chi connectivity index (χ4n) is 11.5. The fourth-order valence-corrected chi connectivity index (χ4v) is 13.7. The Hall–Kier alpha value is -8.63. The van der Waals surface area contributed by atoms with E-state index in [1.54, 1.807) is 53.3 Å². The van der Waals surface area contributed by atoms with Crippen LogP contribution in [0.15, 0.2) is 120 Å². The summed E-state index contributed by atoms with van der Waals surface area (Å²) in [5.74, 6) is -2.63. The highest BCUT2D eigenvalue weighted by Crippen LogP contribution is 2.48. The van der Waals surface area contributed by atoms with Gasteiger partial charge < -0.3 is 82.1 Å². The standard InChI is InChI=1S/C70H80ClN7O21S2/c1-42-11-18-50(19-12-42)100(87,88)31-21-56(81)44-13-15-45(16-14-44)68(85)72-38-49-40-77(75-74-49)23-25-93-28-30-94-29-27-92-24-7-10-55(80)46-17-20-57(96-70-67(84)66(83)65(82)62(41-79)97-70)61(33-46)99-101(89,90)98-58-36-54-64(63-43(2)8-6-9-51(58)63)48(37-71)39-78(54)69(86)53-32-47-34-60(95-26-22-76(3)4)59(91-5)35-52(47)73-53/h6,8-9,11-20,32-36,40,48,62,65-67,70,73,79,82-84H,7,10,21-31,37-39,41H2,1-5H3,(H,72,85)/t48-,62-,65+,66+,67-,70?/m1/s1.